The lowest BCUT2D eigenvalue weighted by Crippen LogP contribution is -2.09. The quantitative estimate of drug-likeness (QED) is 0.0852. The van der Waals surface area contributed by atoms with Gasteiger partial charge in [-0.15, -0.1) is 11.8 Å². The maximum atomic E-state index is 12.4. The number of halogens is 10. The molecule has 0 fully saturated rings. The van der Waals surface area contributed by atoms with Gasteiger partial charge in [-0.1, -0.05) is 273 Å². The summed E-state index contributed by atoms with van der Waals surface area (Å²) in [6, 6.07) is 44.2. The van der Waals surface area contributed by atoms with E-state index < -0.39 is 11.7 Å². The molecule has 6 aromatic carbocycles. The van der Waals surface area contributed by atoms with E-state index >= 15 is 0 Å². The smallest absolute Gasteiger partial charge is 0.416 e. The first-order valence-corrected chi connectivity index (χ1v) is 39.6. The van der Waals surface area contributed by atoms with Gasteiger partial charge < -0.3 is 4.74 Å². The number of aryl methyl sites for hydroxylation is 2. The number of hydrogen-bond acceptors (Lipinski definition) is 5. The average Bonchev–Trinajstić information content (AvgIpc) is 0.959. The minimum absolute atomic E-state index is 0.0992. The maximum absolute atomic E-state index is 12.4. The second kappa shape index (κ2) is 48.9. The van der Waals surface area contributed by atoms with Gasteiger partial charge in [-0.3, -0.25) is 9.67 Å². The van der Waals surface area contributed by atoms with Crippen LogP contribution in [0.5, 0.6) is 5.75 Å². The Kier molecular flexibility index (Phi) is 46.0. The van der Waals surface area contributed by atoms with Crippen LogP contribution in [-0.4, -0.2) is 27.6 Å². The van der Waals surface area contributed by atoms with Crippen LogP contribution in [0.2, 0.25) is 20.1 Å². The molecule has 538 valence electrons. The van der Waals surface area contributed by atoms with Gasteiger partial charge in [-0.05, 0) is 227 Å². The molecule has 0 radical (unpaired) electrons. The number of benzene rings is 6. The summed E-state index contributed by atoms with van der Waals surface area (Å²) in [6.45, 7) is 45.6. The Bertz CT molecular complexity index is 3520. The van der Waals surface area contributed by atoms with Crippen LogP contribution < -0.4 is 4.74 Å². The number of nitrogens with zero attached hydrogens (tertiary/aromatic N) is 3. The van der Waals surface area contributed by atoms with E-state index in [1.54, 1.807) is 50.6 Å². The van der Waals surface area contributed by atoms with Gasteiger partial charge in [-0.2, -0.15) is 29.6 Å². The molecule has 16 heteroatoms. The third-order valence-corrected chi connectivity index (χ3v) is 20.3. The maximum Gasteiger partial charge on any atom is 0.416 e. The molecule has 0 atom stereocenters. The van der Waals surface area contributed by atoms with Crippen molar-refractivity contribution in [2.75, 3.05) is 12.9 Å². The zero-order valence-electron chi connectivity index (χ0n) is 61.6. The molecule has 0 amide bonds. The topological polar surface area (TPSA) is 39.9 Å². The Balaban J connectivity index is 0.000000552. The third kappa shape index (κ3) is 34.9. The first-order chi connectivity index (χ1) is 45.9. The number of thioether (sulfide) groups is 1. The molecule has 4 nitrogen and oxygen atoms in total. The van der Waals surface area contributed by atoms with Crippen molar-refractivity contribution >= 4 is 124 Å². The van der Waals surface area contributed by atoms with Crippen molar-refractivity contribution in [3.63, 3.8) is 0 Å². The van der Waals surface area contributed by atoms with Crippen LogP contribution in [0.3, 0.4) is 0 Å². The molecule has 0 aliphatic heterocycles. The van der Waals surface area contributed by atoms with Crippen LogP contribution in [0.4, 0.5) is 13.2 Å². The first kappa shape index (κ1) is 92.2. The Hall–Kier alpha value is -3.83. The monoisotopic (exact) mass is 1700 g/mol. The molecule has 0 bridgehead atoms. The normalized spacial score (nSPS) is 10.8. The SMILES string of the molecule is CC(C)c1cc(Cl)cc(Cl)c1.CC(C)c1ccccc1Br.CC(C)c1ccccc1C(F)(F)F.CC(C)c1ccccc1I.CC(C)c1cnccc1Cl.CC(C)c1cscc1Br.CCSc1cccc(Cl)c1C(C)C.CCn1cc(C(C)C)c(C)n1.COc1ccccc1C(C)C. The minimum atomic E-state index is -4.24. The van der Waals surface area contributed by atoms with Gasteiger partial charge in [0.25, 0.3) is 0 Å². The van der Waals surface area contributed by atoms with Crippen LogP contribution in [-0.2, 0) is 12.7 Å². The van der Waals surface area contributed by atoms with Crippen molar-refractivity contribution in [1.82, 2.24) is 14.8 Å². The van der Waals surface area contributed by atoms with Gasteiger partial charge in [0, 0.05) is 68.0 Å². The lowest BCUT2D eigenvalue weighted by molar-refractivity contribution is -0.138. The summed E-state index contributed by atoms with van der Waals surface area (Å²) in [5, 5.41) is 11.8. The summed E-state index contributed by atoms with van der Waals surface area (Å²) >= 11 is 36.6. The number of alkyl halides is 3. The van der Waals surface area contributed by atoms with Gasteiger partial charge >= 0.3 is 6.18 Å². The van der Waals surface area contributed by atoms with Crippen molar-refractivity contribution in [2.24, 2.45) is 0 Å². The molecule has 98 heavy (non-hydrogen) atoms. The minimum Gasteiger partial charge on any atom is -0.496 e. The fourth-order valence-corrected chi connectivity index (χ4v) is 15.3. The highest BCUT2D eigenvalue weighted by Gasteiger charge is 2.33. The summed E-state index contributed by atoms with van der Waals surface area (Å²) in [5.41, 5.74) is 11.5. The Morgan fingerprint density at radius 1 is 0.520 bits per heavy atom. The van der Waals surface area contributed by atoms with Crippen LogP contribution in [0.15, 0.2) is 183 Å². The molecule has 0 saturated heterocycles. The van der Waals surface area contributed by atoms with E-state index in [0.717, 1.165) is 39.7 Å². The highest BCUT2D eigenvalue weighted by Crippen LogP contribution is 2.36. The van der Waals surface area contributed by atoms with E-state index in [1.165, 1.54) is 74.2 Å². The predicted molar refractivity (Wildman–Crippen MR) is 443 cm³/mol. The molecule has 9 rings (SSSR count). The lowest BCUT2D eigenvalue weighted by atomic mass is 9.97. The summed E-state index contributed by atoms with van der Waals surface area (Å²) in [4.78, 5) is 5.31. The van der Waals surface area contributed by atoms with E-state index in [9.17, 15) is 13.2 Å². The molecule has 0 spiro atoms. The fraction of sp³-hybridized carbons (Fsp3) is 0.415. The fourth-order valence-electron chi connectivity index (χ4n) is 9.34. The second-order valence-electron chi connectivity index (χ2n) is 25.6. The molecule has 0 saturated carbocycles. The number of ether oxygens (including phenoxy) is 1. The van der Waals surface area contributed by atoms with E-state index in [0.29, 0.717) is 63.0 Å². The highest BCUT2D eigenvalue weighted by molar-refractivity contribution is 14.1. The van der Waals surface area contributed by atoms with Gasteiger partial charge in [0.15, 0.2) is 0 Å². The number of methoxy groups -OCH3 is 1. The predicted octanol–water partition coefficient (Wildman–Crippen LogP) is 31.2. The Morgan fingerprint density at radius 2 is 1.01 bits per heavy atom. The number of thiophene rings is 1. The van der Waals surface area contributed by atoms with Crippen LogP contribution in [0.1, 0.15) is 253 Å². The average molecular weight is 1700 g/mol. The summed E-state index contributed by atoms with van der Waals surface area (Å²) in [6.07, 6.45) is 1.42. The summed E-state index contributed by atoms with van der Waals surface area (Å²) in [5.74, 6) is 6.45. The number of pyridine rings is 1. The van der Waals surface area contributed by atoms with E-state index in [2.05, 4.69) is 268 Å². The Morgan fingerprint density at radius 3 is 1.37 bits per heavy atom. The number of hydrogen-bond donors (Lipinski definition) is 0. The molecule has 9 aromatic rings. The Labute approximate surface area is 648 Å². The molecular weight excluding hydrogens is 1590 g/mol. The van der Waals surface area contributed by atoms with Gasteiger partial charge in [0.2, 0.25) is 0 Å². The van der Waals surface area contributed by atoms with Crippen LogP contribution >= 0.6 is 124 Å². The standard InChI is InChI=1S/C11H15ClS.C10H11F3.C10H14O.C9H11Br.C9H10Cl2.C9H11I.C9H16N2.C8H10ClN.C7H9BrS/c1-4-13-10-7-5-6-9(12)11(10)8(2)3;1-7(2)8-5-3-4-6-9(8)10(11,12)13;1-8(2)9-6-4-5-7-10(9)11-3;1-7(2)8-5-3-4-6-9(8)10;1-6(2)7-3-8(10)5-9(11)4-7;1-7(2)8-5-3-4-6-9(8)10;1-5-11-6-9(7(2)3)8(4)10-11;1-6(2)7-5-10-4-3-8(7)9;1-5(2)6-3-9-4-7(6)8/h5-8H,4H2,1-3H3;3-7H,1-2H3;4-8H,1-3H3;3-7H,1-2H3;3-6H,1-2H3;3-7H,1-2H3;6-7H,5H2,1-4H3;3-6H,1-2H3;3-5H,1-2H3. The molecule has 3 aromatic heterocycles. The molecule has 3 heterocycles. The second-order valence-corrected chi connectivity index (χ2v) is 32.3. The molecule has 0 aliphatic carbocycles. The zero-order valence-corrected chi connectivity index (χ0v) is 71.6. The van der Waals surface area contributed by atoms with Gasteiger partial charge in [0.05, 0.1) is 18.4 Å². The largest absolute Gasteiger partial charge is 0.496 e. The van der Waals surface area contributed by atoms with E-state index in [4.69, 9.17) is 51.1 Å². The van der Waals surface area contributed by atoms with Crippen LogP contribution in [0.25, 0.3) is 0 Å². The molecule has 0 aliphatic rings. The number of rotatable bonds is 13. The van der Waals surface area contributed by atoms with E-state index in [-0.39, 0.29) is 5.92 Å². The number of aromatic nitrogens is 3. The van der Waals surface area contributed by atoms with Crippen molar-refractivity contribution in [2.45, 2.75) is 216 Å². The van der Waals surface area contributed by atoms with Crippen molar-refractivity contribution in [3.05, 3.63) is 263 Å². The van der Waals surface area contributed by atoms with Crippen molar-refractivity contribution < 1.29 is 17.9 Å². The molecule has 0 unspecified atom stereocenters. The summed E-state index contributed by atoms with van der Waals surface area (Å²) < 4.78 is 48.3. The van der Waals surface area contributed by atoms with Gasteiger partial charge in [0.1, 0.15) is 5.75 Å². The number of para-hydroxylation sites is 1. The van der Waals surface area contributed by atoms with Crippen LogP contribution in [0, 0.1) is 10.5 Å². The third-order valence-electron chi connectivity index (χ3n) is 14.8. The van der Waals surface area contributed by atoms with Crippen molar-refractivity contribution in [1.29, 1.82) is 0 Å². The summed E-state index contributed by atoms with van der Waals surface area (Å²) in [7, 11) is 1.71. The zero-order chi connectivity index (χ0) is 74.6. The van der Waals surface area contributed by atoms with E-state index in [1.807, 2.05) is 77.2 Å². The lowest BCUT2D eigenvalue weighted by Gasteiger charge is -2.14. The highest BCUT2D eigenvalue weighted by atomic mass is 127. The molecule has 0 N–H and O–H groups in total. The first-order valence-electron chi connectivity index (χ1n) is 33.4. The molecular formula is C82H107Br2Cl4F3IN3OS2. The van der Waals surface area contributed by atoms with Gasteiger partial charge in [-0.25, -0.2) is 0 Å². The van der Waals surface area contributed by atoms with Crippen molar-refractivity contribution in [3.8, 4) is 5.75 Å².